The summed E-state index contributed by atoms with van der Waals surface area (Å²) in [5.41, 5.74) is 3.35. The first-order valence-corrected chi connectivity index (χ1v) is 7.78. The zero-order valence-corrected chi connectivity index (χ0v) is 13.9. The molecule has 26 heavy (non-hydrogen) atoms. The van der Waals surface area contributed by atoms with E-state index in [0.29, 0.717) is 22.6 Å². The van der Waals surface area contributed by atoms with Crippen molar-refractivity contribution in [1.29, 1.82) is 5.26 Å². The normalized spacial score (nSPS) is 10.2. The van der Waals surface area contributed by atoms with Crippen LogP contribution in [-0.2, 0) is 6.61 Å². The Balaban J connectivity index is 1.65. The maximum atomic E-state index is 10.5. The van der Waals surface area contributed by atoms with Crippen LogP contribution in [0.2, 0.25) is 0 Å². The zero-order chi connectivity index (χ0) is 18.5. The molecule has 3 rings (SSSR count). The van der Waals surface area contributed by atoms with Gasteiger partial charge in [-0.1, -0.05) is 24.3 Å². The van der Waals surface area contributed by atoms with E-state index < -0.39 is 6.16 Å². The summed E-state index contributed by atoms with van der Waals surface area (Å²) in [6.45, 7) is 1.94. The van der Waals surface area contributed by atoms with Crippen LogP contribution in [-0.4, -0.2) is 11.3 Å². The van der Waals surface area contributed by atoms with Gasteiger partial charge < -0.3 is 19.0 Å². The first kappa shape index (κ1) is 17.1. The molecule has 0 aliphatic heterocycles. The molecule has 130 valence electrons. The lowest BCUT2D eigenvalue weighted by Crippen LogP contribution is -2.01. The minimum absolute atomic E-state index is 0.0789. The van der Waals surface area contributed by atoms with Gasteiger partial charge in [-0.3, -0.25) is 0 Å². The van der Waals surface area contributed by atoms with Crippen LogP contribution in [0.1, 0.15) is 16.9 Å². The molecule has 2 aromatic carbocycles. The summed E-state index contributed by atoms with van der Waals surface area (Å²) >= 11 is 0. The Morgan fingerprint density at radius 1 is 1.12 bits per heavy atom. The smallest absolute Gasteiger partial charge is 0.489 e. The molecule has 0 bridgehead atoms. The predicted molar refractivity (Wildman–Crippen MR) is 93.0 cm³/mol. The molecule has 0 aliphatic rings. The van der Waals surface area contributed by atoms with Crippen molar-refractivity contribution >= 4 is 6.16 Å². The van der Waals surface area contributed by atoms with Gasteiger partial charge in [0.15, 0.2) is 0 Å². The van der Waals surface area contributed by atoms with Gasteiger partial charge in [-0.05, 0) is 42.3 Å². The van der Waals surface area contributed by atoms with Gasteiger partial charge in [0.25, 0.3) is 5.95 Å². The maximum absolute atomic E-state index is 10.5. The van der Waals surface area contributed by atoms with Crippen LogP contribution in [0.15, 0.2) is 59.0 Å². The van der Waals surface area contributed by atoms with Crippen molar-refractivity contribution in [1.82, 2.24) is 0 Å². The number of nitriles is 1. The highest BCUT2D eigenvalue weighted by Gasteiger charge is 2.12. The van der Waals surface area contributed by atoms with E-state index in [1.54, 1.807) is 19.1 Å². The van der Waals surface area contributed by atoms with Gasteiger partial charge in [0.2, 0.25) is 0 Å². The number of carbonyl (C=O) groups is 1. The number of hydrogen-bond donors (Lipinski definition) is 1. The number of furan rings is 1. The van der Waals surface area contributed by atoms with E-state index in [1.165, 1.54) is 6.07 Å². The number of hydrogen-bond acceptors (Lipinski definition) is 5. The summed E-state index contributed by atoms with van der Waals surface area (Å²) in [5.74, 6) is 1.13. The molecule has 1 heterocycles. The van der Waals surface area contributed by atoms with E-state index >= 15 is 0 Å². The number of nitrogens with zero attached hydrogens (tertiary/aromatic N) is 1. The Bertz CT molecular complexity index is 949. The second-order valence-electron chi connectivity index (χ2n) is 5.52. The highest BCUT2D eigenvalue weighted by atomic mass is 16.7. The van der Waals surface area contributed by atoms with E-state index in [9.17, 15) is 4.79 Å². The summed E-state index contributed by atoms with van der Waals surface area (Å²) in [6, 6.07) is 18.5. The SMILES string of the molecule is Cc1oc(OC(=O)O)cc1COc1ccc(-c2ccc(C#N)cc2)cc1. The van der Waals surface area contributed by atoms with Gasteiger partial charge in [0.05, 0.1) is 11.6 Å². The molecule has 0 fully saturated rings. The van der Waals surface area contributed by atoms with Crippen molar-refractivity contribution in [3.63, 3.8) is 0 Å². The summed E-state index contributed by atoms with van der Waals surface area (Å²) in [6.07, 6.45) is -1.43. The second-order valence-corrected chi connectivity index (χ2v) is 5.52. The summed E-state index contributed by atoms with van der Waals surface area (Å²) in [5, 5.41) is 17.4. The standard InChI is InChI=1S/C20H15NO5/c1-13-17(10-19(25-13)26-20(22)23)12-24-18-8-6-16(7-9-18)15-4-2-14(11-21)3-5-15/h2-10H,12H2,1H3,(H,22,23). The van der Waals surface area contributed by atoms with Crippen molar-refractivity contribution in [3.05, 3.63) is 71.5 Å². The van der Waals surface area contributed by atoms with Crippen LogP contribution in [0.5, 0.6) is 11.7 Å². The van der Waals surface area contributed by atoms with Crippen LogP contribution in [0, 0.1) is 18.3 Å². The van der Waals surface area contributed by atoms with Gasteiger partial charge in [0.1, 0.15) is 18.1 Å². The molecule has 0 spiro atoms. The second kappa shape index (κ2) is 7.45. The molecule has 0 saturated heterocycles. The summed E-state index contributed by atoms with van der Waals surface area (Å²) in [4.78, 5) is 10.5. The molecule has 0 atom stereocenters. The van der Waals surface area contributed by atoms with Crippen molar-refractivity contribution in [2.24, 2.45) is 0 Å². The third kappa shape index (κ3) is 4.02. The van der Waals surface area contributed by atoms with E-state index in [2.05, 4.69) is 10.8 Å². The number of carboxylic acid groups (broad SMARTS) is 1. The third-order valence-electron chi connectivity index (χ3n) is 3.78. The predicted octanol–water partition coefficient (Wildman–Crippen LogP) is 4.76. The van der Waals surface area contributed by atoms with Crippen LogP contribution < -0.4 is 9.47 Å². The van der Waals surface area contributed by atoms with E-state index in [4.69, 9.17) is 19.5 Å². The third-order valence-corrected chi connectivity index (χ3v) is 3.78. The summed E-state index contributed by atoms with van der Waals surface area (Å²) < 4.78 is 15.4. The monoisotopic (exact) mass is 349 g/mol. The number of benzene rings is 2. The Labute approximate surface area is 149 Å². The van der Waals surface area contributed by atoms with Crippen LogP contribution in [0.3, 0.4) is 0 Å². The molecule has 6 heteroatoms. The summed E-state index contributed by atoms with van der Waals surface area (Å²) in [7, 11) is 0. The molecule has 0 amide bonds. The quantitative estimate of drug-likeness (QED) is 0.667. The molecule has 0 saturated carbocycles. The molecule has 3 aromatic rings. The van der Waals surface area contributed by atoms with Crippen molar-refractivity contribution in [2.75, 3.05) is 0 Å². The average molecular weight is 349 g/mol. The molecule has 6 nitrogen and oxygen atoms in total. The van der Waals surface area contributed by atoms with Crippen molar-refractivity contribution in [3.8, 4) is 28.9 Å². The molecule has 0 unspecified atom stereocenters. The topological polar surface area (TPSA) is 92.7 Å². The molecule has 1 N–H and O–H groups in total. The lowest BCUT2D eigenvalue weighted by atomic mass is 10.0. The first-order chi connectivity index (χ1) is 12.5. The van der Waals surface area contributed by atoms with Crippen molar-refractivity contribution in [2.45, 2.75) is 13.5 Å². The van der Waals surface area contributed by atoms with Gasteiger partial charge >= 0.3 is 6.16 Å². The van der Waals surface area contributed by atoms with Gasteiger partial charge in [-0.2, -0.15) is 5.26 Å². The molecule has 0 radical (unpaired) electrons. The minimum Gasteiger partial charge on any atom is -0.489 e. The van der Waals surface area contributed by atoms with Crippen LogP contribution >= 0.6 is 0 Å². The average Bonchev–Trinajstić information content (AvgIpc) is 2.99. The minimum atomic E-state index is -1.43. The Hall–Kier alpha value is -3.72. The highest BCUT2D eigenvalue weighted by Crippen LogP contribution is 2.25. The number of ether oxygens (including phenoxy) is 2. The molecule has 1 aromatic heterocycles. The number of aryl methyl sites for hydroxylation is 1. The van der Waals surface area contributed by atoms with Gasteiger partial charge in [-0.25, -0.2) is 4.79 Å². The van der Waals surface area contributed by atoms with E-state index in [1.807, 2.05) is 36.4 Å². The van der Waals surface area contributed by atoms with Crippen LogP contribution in [0.25, 0.3) is 11.1 Å². The lowest BCUT2D eigenvalue weighted by Gasteiger charge is -2.07. The van der Waals surface area contributed by atoms with E-state index in [0.717, 1.165) is 11.1 Å². The van der Waals surface area contributed by atoms with Gasteiger partial charge in [-0.15, -0.1) is 0 Å². The largest absolute Gasteiger partial charge is 0.513 e. The first-order valence-electron chi connectivity index (χ1n) is 7.78. The fraction of sp³-hybridized carbons (Fsp3) is 0.100. The lowest BCUT2D eigenvalue weighted by molar-refractivity contribution is 0.132. The fourth-order valence-corrected chi connectivity index (χ4v) is 2.41. The van der Waals surface area contributed by atoms with E-state index in [-0.39, 0.29) is 12.6 Å². The van der Waals surface area contributed by atoms with Crippen LogP contribution in [0.4, 0.5) is 4.79 Å². The van der Waals surface area contributed by atoms with Gasteiger partial charge in [0, 0.05) is 11.6 Å². The number of rotatable bonds is 5. The van der Waals surface area contributed by atoms with Crippen molar-refractivity contribution < 1.29 is 23.8 Å². The zero-order valence-electron chi connectivity index (χ0n) is 13.9. The Morgan fingerprint density at radius 3 is 2.31 bits per heavy atom. The fourth-order valence-electron chi connectivity index (χ4n) is 2.41. The maximum Gasteiger partial charge on any atom is 0.513 e. The molecular weight excluding hydrogens is 334 g/mol. The highest BCUT2D eigenvalue weighted by molar-refractivity contribution is 5.65. The Kier molecular flexibility index (Phi) is 4.90. The Morgan fingerprint density at radius 2 is 1.73 bits per heavy atom. The molecular formula is C20H15NO5. The molecule has 0 aliphatic carbocycles.